The number of amides is 1. The molecule has 0 aliphatic carbocycles. The number of benzene rings is 2. The van der Waals surface area contributed by atoms with Gasteiger partial charge in [0, 0.05) is 25.3 Å². The topological polar surface area (TPSA) is 44.4 Å². The van der Waals surface area contributed by atoms with Crippen LogP contribution in [0.25, 0.3) is 0 Å². The normalized spacial score (nSPS) is 11.0. The Kier molecular flexibility index (Phi) is 4.78. The number of nitrogens with one attached hydrogen (secondary N) is 2. The lowest BCUT2D eigenvalue weighted by Gasteiger charge is -2.16. The number of hydrogen-bond donors (Lipinski definition) is 2. The second kappa shape index (κ2) is 6.60. The zero-order valence-electron chi connectivity index (χ0n) is 12.6. The third-order valence-corrected chi connectivity index (χ3v) is 3.17. The molecule has 0 fully saturated rings. The molecule has 23 heavy (non-hydrogen) atoms. The zero-order valence-corrected chi connectivity index (χ0v) is 12.6. The van der Waals surface area contributed by atoms with E-state index in [2.05, 4.69) is 10.9 Å². The fraction of sp³-hybridized carbons (Fsp3) is 0.188. The molecule has 122 valence electrons. The predicted octanol–water partition coefficient (Wildman–Crippen LogP) is 3.53. The van der Waals surface area contributed by atoms with Crippen molar-refractivity contribution in [2.75, 3.05) is 24.4 Å². The molecule has 0 aliphatic heterocycles. The SMILES string of the molecule is CN(C)c1cccc(C(=O)NNc2ccccc2C(F)(F)F)c1. The van der Waals surface area contributed by atoms with E-state index in [0.29, 0.717) is 5.56 Å². The number of halogens is 3. The second-order valence-electron chi connectivity index (χ2n) is 5.07. The number of nitrogens with zero attached hydrogens (tertiary/aromatic N) is 1. The van der Waals surface area contributed by atoms with E-state index < -0.39 is 17.6 Å². The third-order valence-electron chi connectivity index (χ3n) is 3.17. The molecule has 2 rings (SSSR count). The monoisotopic (exact) mass is 323 g/mol. The lowest BCUT2D eigenvalue weighted by atomic mass is 10.1. The van der Waals surface area contributed by atoms with Crippen LogP contribution in [0, 0.1) is 0 Å². The Morgan fingerprint density at radius 1 is 1.04 bits per heavy atom. The molecule has 0 unspecified atom stereocenters. The van der Waals surface area contributed by atoms with Gasteiger partial charge in [0.2, 0.25) is 0 Å². The van der Waals surface area contributed by atoms with E-state index in [9.17, 15) is 18.0 Å². The number of hydrazine groups is 1. The summed E-state index contributed by atoms with van der Waals surface area (Å²) >= 11 is 0. The van der Waals surface area contributed by atoms with Gasteiger partial charge in [-0.1, -0.05) is 18.2 Å². The van der Waals surface area contributed by atoms with Gasteiger partial charge in [-0.05, 0) is 30.3 Å². The summed E-state index contributed by atoms with van der Waals surface area (Å²) < 4.78 is 38.6. The van der Waals surface area contributed by atoms with Crippen LogP contribution >= 0.6 is 0 Å². The van der Waals surface area contributed by atoms with Crippen molar-refractivity contribution in [2.24, 2.45) is 0 Å². The summed E-state index contributed by atoms with van der Waals surface area (Å²) in [6.07, 6.45) is -4.50. The Hall–Kier alpha value is -2.70. The highest BCUT2D eigenvalue weighted by Crippen LogP contribution is 2.34. The molecule has 0 aromatic heterocycles. The van der Waals surface area contributed by atoms with Gasteiger partial charge in [-0.3, -0.25) is 15.6 Å². The predicted molar refractivity (Wildman–Crippen MR) is 83.3 cm³/mol. The number of alkyl halides is 3. The number of rotatable bonds is 4. The molecule has 4 nitrogen and oxygen atoms in total. The van der Waals surface area contributed by atoms with Crippen molar-refractivity contribution in [1.82, 2.24) is 5.43 Å². The summed E-state index contributed by atoms with van der Waals surface area (Å²) in [6, 6.07) is 11.7. The van der Waals surface area contributed by atoms with E-state index >= 15 is 0 Å². The fourth-order valence-corrected chi connectivity index (χ4v) is 1.96. The third kappa shape index (κ3) is 4.15. The van der Waals surface area contributed by atoms with Gasteiger partial charge in [-0.25, -0.2) is 0 Å². The van der Waals surface area contributed by atoms with Crippen molar-refractivity contribution >= 4 is 17.3 Å². The number of para-hydroxylation sites is 1. The van der Waals surface area contributed by atoms with Gasteiger partial charge in [0.25, 0.3) is 5.91 Å². The summed E-state index contributed by atoms with van der Waals surface area (Å²) in [5.41, 5.74) is 4.72. The number of carbonyl (C=O) groups is 1. The number of anilines is 2. The van der Waals surface area contributed by atoms with Crippen molar-refractivity contribution in [3.8, 4) is 0 Å². The average Bonchev–Trinajstić information content (AvgIpc) is 2.52. The molecule has 7 heteroatoms. The van der Waals surface area contributed by atoms with Gasteiger partial charge in [0.15, 0.2) is 0 Å². The molecular formula is C16H16F3N3O. The van der Waals surface area contributed by atoms with Gasteiger partial charge in [0.05, 0.1) is 11.3 Å². The van der Waals surface area contributed by atoms with Gasteiger partial charge >= 0.3 is 6.18 Å². The summed E-state index contributed by atoms with van der Waals surface area (Å²) in [5.74, 6) is -0.523. The Morgan fingerprint density at radius 3 is 2.39 bits per heavy atom. The molecule has 0 bridgehead atoms. The molecule has 2 aromatic rings. The quantitative estimate of drug-likeness (QED) is 0.846. The molecule has 0 heterocycles. The van der Waals surface area contributed by atoms with Crippen LogP contribution in [0.2, 0.25) is 0 Å². The van der Waals surface area contributed by atoms with Crippen LogP contribution in [0.5, 0.6) is 0 Å². The first kappa shape index (κ1) is 16.7. The Labute approximate surface area is 131 Å². The van der Waals surface area contributed by atoms with E-state index in [1.165, 1.54) is 18.2 Å². The van der Waals surface area contributed by atoms with Crippen LogP contribution in [0.4, 0.5) is 24.5 Å². The highest BCUT2D eigenvalue weighted by Gasteiger charge is 2.33. The van der Waals surface area contributed by atoms with Crippen LogP contribution in [0.15, 0.2) is 48.5 Å². The molecule has 0 saturated carbocycles. The molecule has 2 N–H and O–H groups in total. The summed E-state index contributed by atoms with van der Waals surface area (Å²) in [5, 5.41) is 0. The molecule has 1 amide bonds. The fourth-order valence-electron chi connectivity index (χ4n) is 1.96. The smallest absolute Gasteiger partial charge is 0.378 e. The Morgan fingerprint density at radius 2 is 1.74 bits per heavy atom. The van der Waals surface area contributed by atoms with Gasteiger partial charge < -0.3 is 4.90 Å². The zero-order chi connectivity index (χ0) is 17.0. The van der Waals surface area contributed by atoms with Crippen molar-refractivity contribution < 1.29 is 18.0 Å². The van der Waals surface area contributed by atoms with Crippen molar-refractivity contribution in [1.29, 1.82) is 0 Å². The lowest BCUT2D eigenvalue weighted by molar-refractivity contribution is -0.137. The largest absolute Gasteiger partial charge is 0.418 e. The first-order chi connectivity index (χ1) is 10.8. The van der Waals surface area contributed by atoms with Crippen LogP contribution in [0.3, 0.4) is 0 Å². The van der Waals surface area contributed by atoms with Crippen molar-refractivity contribution in [3.05, 3.63) is 59.7 Å². The second-order valence-corrected chi connectivity index (χ2v) is 5.07. The van der Waals surface area contributed by atoms with E-state index in [4.69, 9.17) is 0 Å². The van der Waals surface area contributed by atoms with Crippen LogP contribution < -0.4 is 15.8 Å². The van der Waals surface area contributed by atoms with Crippen molar-refractivity contribution in [2.45, 2.75) is 6.18 Å². The standard InChI is InChI=1S/C16H16F3N3O/c1-22(2)12-7-5-6-11(10-12)15(23)21-20-14-9-4-3-8-13(14)16(17,18)19/h3-10,20H,1-2H3,(H,21,23). The van der Waals surface area contributed by atoms with Crippen LogP contribution in [0.1, 0.15) is 15.9 Å². The van der Waals surface area contributed by atoms with E-state index in [1.807, 2.05) is 25.1 Å². The minimum Gasteiger partial charge on any atom is -0.378 e. The average molecular weight is 323 g/mol. The minimum atomic E-state index is -4.50. The Bertz CT molecular complexity index is 699. The van der Waals surface area contributed by atoms with Gasteiger partial charge in [0.1, 0.15) is 0 Å². The maximum atomic E-state index is 12.9. The van der Waals surface area contributed by atoms with E-state index in [1.54, 1.807) is 18.2 Å². The first-order valence-corrected chi connectivity index (χ1v) is 6.79. The van der Waals surface area contributed by atoms with Crippen LogP contribution in [-0.4, -0.2) is 20.0 Å². The van der Waals surface area contributed by atoms with Gasteiger partial charge in [-0.2, -0.15) is 13.2 Å². The van der Waals surface area contributed by atoms with Crippen molar-refractivity contribution in [3.63, 3.8) is 0 Å². The first-order valence-electron chi connectivity index (χ1n) is 6.79. The van der Waals surface area contributed by atoms with Crippen LogP contribution in [-0.2, 0) is 6.18 Å². The lowest BCUT2D eigenvalue weighted by Crippen LogP contribution is -2.30. The molecule has 0 radical (unpaired) electrons. The minimum absolute atomic E-state index is 0.211. The number of hydrogen-bond acceptors (Lipinski definition) is 3. The summed E-state index contributed by atoms with van der Waals surface area (Å²) in [4.78, 5) is 13.9. The highest BCUT2D eigenvalue weighted by atomic mass is 19.4. The maximum Gasteiger partial charge on any atom is 0.418 e. The molecule has 0 atom stereocenters. The summed E-state index contributed by atoms with van der Waals surface area (Å²) in [6.45, 7) is 0. The van der Waals surface area contributed by atoms with Gasteiger partial charge in [-0.15, -0.1) is 0 Å². The van der Waals surface area contributed by atoms with E-state index in [0.717, 1.165) is 11.8 Å². The Balaban J connectivity index is 2.13. The molecule has 0 aliphatic rings. The molecular weight excluding hydrogens is 307 g/mol. The summed E-state index contributed by atoms with van der Waals surface area (Å²) in [7, 11) is 3.66. The van der Waals surface area contributed by atoms with E-state index in [-0.39, 0.29) is 5.69 Å². The maximum absolute atomic E-state index is 12.9. The molecule has 0 spiro atoms. The number of carbonyl (C=O) groups excluding carboxylic acids is 1. The molecule has 2 aromatic carbocycles. The molecule has 0 saturated heterocycles. The highest BCUT2D eigenvalue weighted by molar-refractivity contribution is 5.95.